The highest BCUT2D eigenvalue weighted by molar-refractivity contribution is 7.09. The number of H-pyrrole nitrogens is 1. The van der Waals surface area contributed by atoms with Crippen LogP contribution in [0.3, 0.4) is 0 Å². The summed E-state index contributed by atoms with van der Waals surface area (Å²) in [5.41, 5.74) is 1.44. The highest BCUT2D eigenvalue weighted by Gasteiger charge is 2.12. The van der Waals surface area contributed by atoms with Crippen molar-refractivity contribution in [3.63, 3.8) is 0 Å². The minimum absolute atomic E-state index is 0.0205. The lowest BCUT2D eigenvalue weighted by Gasteiger charge is -2.00. The van der Waals surface area contributed by atoms with Crippen molar-refractivity contribution >= 4 is 23.2 Å². The van der Waals surface area contributed by atoms with Gasteiger partial charge in [0.15, 0.2) is 0 Å². The topological polar surface area (TPSA) is 93.3 Å². The number of benzene rings is 1. The number of aromatic nitrogens is 2. The first-order chi connectivity index (χ1) is 11.6. The molecule has 1 N–H and O–H groups in total. The summed E-state index contributed by atoms with van der Waals surface area (Å²) in [5.74, 6) is 0. The number of nitro benzene ring substituents is 1. The van der Waals surface area contributed by atoms with Crippen molar-refractivity contribution < 1.29 is 4.92 Å². The third-order valence-corrected chi connectivity index (χ3v) is 4.34. The van der Waals surface area contributed by atoms with Gasteiger partial charge < -0.3 is 0 Å². The number of nitrogens with one attached hydrogen (secondary N) is 1. The third-order valence-electron chi connectivity index (χ3n) is 3.48. The molecule has 2 heterocycles. The summed E-state index contributed by atoms with van der Waals surface area (Å²) in [5, 5.41) is 15.6. The minimum Gasteiger partial charge on any atom is -0.295 e. The molecule has 0 spiro atoms. The zero-order chi connectivity index (χ0) is 17.1. The molecule has 0 fully saturated rings. The van der Waals surface area contributed by atoms with E-state index in [0.717, 1.165) is 4.88 Å². The number of aromatic amines is 1. The second kappa shape index (κ2) is 6.63. The Balaban J connectivity index is 1.87. The van der Waals surface area contributed by atoms with Gasteiger partial charge in [-0.15, -0.1) is 11.3 Å². The van der Waals surface area contributed by atoms with Crippen LogP contribution in [0.5, 0.6) is 0 Å². The first-order valence-corrected chi connectivity index (χ1v) is 8.03. The van der Waals surface area contributed by atoms with Gasteiger partial charge in [0.1, 0.15) is 0 Å². The molecule has 0 saturated heterocycles. The summed E-state index contributed by atoms with van der Waals surface area (Å²) >= 11 is 1.61. The van der Waals surface area contributed by atoms with E-state index in [1.54, 1.807) is 24.5 Å². The Hall–Kier alpha value is -3.00. The standard InChI is InChI=1S/C16H14N4O3S/c1-11-15(10-17-9-14-3-2-8-24-14)16(21)19(18-11)12-4-6-13(7-5-12)20(22)23/h2-8,10,18H,9H2,1H3. The normalized spacial score (nSPS) is 11.2. The number of hydrogen-bond donors (Lipinski definition) is 1. The molecular formula is C16H14N4O3S. The summed E-state index contributed by atoms with van der Waals surface area (Å²) in [4.78, 5) is 28.2. The van der Waals surface area contributed by atoms with Crippen LogP contribution in [-0.2, 0) is 6.54 Å². The maximum atomic E-state index is 12.5. The zero-order valence-electron chi connectivity index (χ0n) is 12.8. The molecule has 8 heteroatoms. The molecule has 3 rings (SSSR count). The van der Waals surface area contributed by atoms with Crippen molar-refractivity contribution in [3.8, 4) is 5.69 Å². The number of rotatable bonds is 5. The largest absolute Gasteiger partial charge is 0.295 e. The summed E-state index contributed by atoms with van der Waals surface area (Å²) in [6.07, 6.45) is 1.57. The number of nitrogens with zero attached hydrogens (tertiary/aromatic N) is 3. The number of aryl methyl sites for hydroxylation is 1. The predicted molar refractivity (Wildman–Crippen MR) is 93.4 cm³/mol. The van der Waals surface area contributed by atoms with Gasteiger partial charge in [-0.2, -0.15) is 0 Å². The van der Waals surface area contributed by atoms with Crippen molar-refractivity contribution in [3.05, 3.63) is 78.4 Å². The van der Waals surface area contributed by atoms with Gasteiger partial charge in [-0.3, -0.25) is 25.0 Å². The van der Waals surface area contributed by atoms with Gasteiger partial charge in [-0.05, 0) is 30.5 Å². The molecule has 0 radical (unpaired) electrons. The van der Waals surface area contributed by atoms with E-state index in [1.807, 2.05) is 17.5 Å². The Morgan fingerprint density at radius 1 is 1.33 bits per heavy atom. The van der Waals surface area contributed by atoms with Crippen molar-refractivity contribution in [2.45, 2.75) is 13.5 Å². The van der Waals surface area contributed by atoms with E-state index < -0.39 is 4.92 Å². The molecular weight excluding hydrogens is 328 g/mol. The average molecular weight is 342 g/mol. The fourth-order valence-electron chi connectivity index (χ4n) is 2.25. The Kier molecular flexibility index (Phi) is 4.39. The van der Waals surface area contributed by atoms with Crippen LogP contribution in [0.1, 0.15) is 16.1 Å². The van der Waals surface area contributed by atoms with Crippen molar-refractivity contribution in [2.75, 3.05) is 0 Å². The van der Waals surface area contributed by atoms with Crippen LogP contribution in [-0.4, -0.2) is 20.9 Å². The predicted octanol–water partition coefficient (Wildman–Crippen LogP) is 3.06. The first-order valence-electron chi connectivity index (χ1n) is 7.15. The number of aliphatic imine (C=N–C) groups is 1. The van der Waals surface area contributed by atoms with E-state index in [9.17, 15) is 14.9 Å². The van der Waals surface area contributed by atoms with Crippen LogP contribution in [0, 0.1) is 17.0 Å². The van der Waals surface area contributed by atoms with Crippen LogP contribution in [0.2, 0.25) is 0 Å². The summed E-state index contributed by atoms with van der Waals surface area (Å²) < 4.78 is 1.35. The monoisotopic (exact) mass is 342 g/mol. The number of non-ortho nitro benzene ring substituents is 1. The lowest BCUT2D eigenvalue weighted by Crippen LogP contribution is -2.17. The Morgan fingerprint density at radius 3 is 2.71 bits per heavy atom. The van der Waals surface area contributed by atoms with E-state index in [4.69, 9.17) is 0 Å². The lowest BCUT2D eigenvalue weighted by atomic mass is 10.2. The molecule has 0 aliphatic heterocycles. The highest BCUT2D eigenvalue weighted by atomic mass is 32.1. The molecule has 122 valence electrons. The molecule has 1 aromatic carbocycles. The molecule has 0 saturated carbocycles. The number of nitro groups is 1. The maximum Gasteiger partial charge on any atom is 0.280 e. The highest BCUT2D eigenvalue weighted by Crippen LogP contribution is 2.14. The maximum absolute atomic E-state index is 12.5. The Morgan fingerprint density at radius 2 is 2.08 bits per heavy atom. The second-order valence-corrected chi connectivity index (χ2v) is 6.15. The molecule has 0 amide bonds. The molecule has 0 aliphatic carbocycles. The molecule has 0 unspecified atom stereocenters. The van der Waals surface area contributed by atoms with Crippen molar-refractivity contribution in [1.82, 2.24) is 9.78 Å². The van der Waals surface area contributed by atoms with E-state index in [1.165, 1.54) is 28.9 Å². The van der Waals surface area contributed by atoms with E-state index >= 15 is 0 Å². The fourth-order valence-corrected chi connectivity index (χ4v) is 2.88. The number of thiophene rings is 1. The zero-order valence-corrected chi connectivity index (χ0v) is 13.6. The molecule has 24 heavy (non-hydrogen) atoms. The summed E-state index contributed by atoms with van der Waals surface area (Å²) in [7, 11) is 0. The Bertz CT molecular complexity index is 937. The first kappa shape index (κ1) is 15.9. The molecule has 0 bridgehead atoms. The average Bonchev–Trinajstić information content (AvgIpc) is 3.18. The number of hydrogen-bond acceptors (Lipinski definition) is 5. The van der Waals surface area contributed by atoms with Crippen LogP contribution in [0.25, 0.3) is 5.69 Å². The van der Waals surface area contributed by atoms with E-state index in [2.05, 4.69) is 10.1 Å². The van der Waals surface area contributed by atoms with Gasteiger partial charge in [-0.1, -0.05) is 6.07 Å². The van der Waals surface area contributed by atoms with Gasteiger partial charge in [0.2, 0.25) is 0 Å². The lowest BCUT2D eigenvalue weighted by molar-refractivity contribution is -0.384. The van der Waals surface area contributed by atoms with Crippen LogP contribution in [0.4, 0.5) is 5.69 Å². The summed E-state index contributed by atoms with van der Waals surface area (Å²) in [6.45, 7) is 2.31. The van der Waals surface area contributed by atoms with Crippen LogP contribution in [0.15, 0.2) is 51.6 Å². The van der Waals surface area contributed by atoms with Crippen LogP contribution >= 0.6 is 11.3 Å². The molecule has 2 aromatic heterocycles. The van der Waals surface area contributed by atoms with Gasteiger partial charge in [0.25, 0.3) is 11.2 Å². The van der Waals surface area contributed by atoms with Gasteiger partial charge in [0, 0.05) is 28.9 Å². The summed E-state index contributed by atoms with van der Waals surface area (Å²) in [6, 6.07) is 9.73. The van der Waals surface area contributed by atoms with Gasteiger partial charge in [-0.25, -0.2) is 4.68 Å². The molecule has 0 atom stereocenters. The van der Waals surface area contributed by atoms with Gasteiger partial charge >= 0.3 is 0 Å². The SMILES string of the molecule is Cc1[nH]n(-c2ccc([N+](=O)[O-])cc2)c(=O)c1C=NCc1cccs1. The molecule has 0 aliphatic rings. The quantitative estimate of drug-likeness (QED) is 0.439. The van der Waals surface area contributed by atoms with E-state index in [0.29, 0.717) is 23.5 Å². The molecule has 3 aromatic rings. The van der Waals surface area contributed by atoms with Crippen LogP contribution < -0.4 is 5.56 Å². The third kappa shape index (κ3) is 3.18. The molecule has 7 nitrogen and oxygen atoms in total. The van der Waals surface area contributed by atoms with E-state index in [-0.39, 0.29) is 11.2 Å². The minimum atomic E-state index is -0.477. The fraction of sp³-hybridized carbons (Fsp3) is 0.125. The van der Waals surface area contributed by atoms with Crippen molar-refractivity contribution in [1.29, 1.82) is 0 Å². The second-order valence-electron chi connectivity index (χ2n) is 5.11. The van der Waals surface area contributed by atoms with Gasteiger partial charge in [0.05, 0.1) is 22.7 Å². The Labute approximate surface area is 141 Å². The van der Waals surface area contributed by atoms with Crippen molar-refractivity contribution in [2.24, 2.45) is 4.99 Å². The smallest absolute Gasteiger partial charge is 0.280 e.